The highest BCUT2D eigenvalue weighted by atomic mass is 19.4. The predicted molar refractivity (Wildman–Crippen MR) is 86.5 cm³/mol. The number of hydrogen-bond donors (Lipinski definition) is 1. The molecule has 140 valence electrons. The van der Waals surface area contributed by atoms with Crippen molar-refractivity contribution in [1.29, 1.82) is 0 Å². The molecular formula is C16H17F3N4O3. The summed E-state index contributed by atoms with van der Waals surface area (Å²) in [6.07, 6.45) is -3.15. The number of hydrogen-bond acceptors (Lipinski definition) is 6. The molecule has 0 unspecified atom stereocenters. The first-order chi connectivity index (χ1) is 12.3. The lowest BCUT2D eigenvalue weighted by atomic mass is 10.1. The van der Waals surface area contributed by atoms with Crippen LogP contribution in [0.3, 0.4) is 0 Å². The molecule has 0 bridgehead atoms. The third-order valence-corrected chi connectivity index (χ3v) is 3.99. The normalized spacial score (nSPS) is 20.8. The zero-order chi connectivity index (χ0) is 18.9. The quantitative estimate of drug-likeness (QED) is 0.833. The van der Waals surface area contributed by atoms with Gasteiger partial charge in [-0.25, -0.2) is 9.50 Å². The number of alkyl halides is 3. The van der Waals surface area contributed by atoms with Crippen molar-refractivity contribution in [3.63, 3.8) is 0 Å². The molecule has 0 amide bonds. The van der Waals surface area contributed by atoms with E-state index in [9.17, 15) is 18.0 Å². The molecule has 7 nitrogen and oxygen atoms in total. The molecular weight excluding hydrogens is 353 g/mol. The summed E-state index contributed by atoms with van der Waals surface area (Å²) in [6.45, 7) is 5.08. The molecule has 0 aliphatic carbocycles. The second-order valence-corrected chi connectivity index (χ2v) is 5.88. The molecule has 10 heteroatoms. The van der Waals surface area contributed by atoms with Gasteiger partial charge in [0.05, 0.1) is 35.6 Å². The standard InChI is InChI=1S/C16H17F3N4O3/c1-9(16(17,18)19)13-4-3-11-7-20-15(22-23(11)13)21-12-5-6-25-8-14(12)26-10(2)24/h3-4,7,12,14H,1,5-6,8H2,2H3,(H,21,22)/t12-,14-/m1/s1. The van der Waals surface area contributed by atoms with Crippen LogP contribution in [-0.4, -0.2) is 52.1 Å². The van der Waals surface area contributed by atoms with Crippen LogP contribution in [0.25, 0.3) is 11.1 Å². The Balaban J connectivity index is 1.86. The Kier molecular flexibility index (Phi) is 4.86. The molecule has 0 aromatic carbocycles. The van der Waals surface area contributed by atoms with E-state index >= 15 is 0 Å². The Morgan fingerprint density at radius 3 is 2.92 bits per heavy atom. The number of esters is 1. The topological polar surface area (TPSA) is 77.8 Å². The van der Waals surface area contributed by atoms with Gasteiger partial charge in [0.2, 0.25) is 5.95 Å². The molecule has 0 spiro atoms. The van der Waals surface area contributed by atoms with E-state index in [1.807, 2.05) is 0 Å². The highest BCUT2D eigenvalue weighted by molar-refractivity contribution is 5.69. The van der Waals surface area contributed by atoms with Crippen molar-refractivity contribution in [2.75, 3.05) is 18.5 Å². The maximum Gasteiger partial charge on any atom is 0.417 e. The van der Waals surface area contributed by atoms with Gasteiger partial charge in [-0.3, -0.25) is 4.79 Å². The van der Waals surface area contributed by atoms with E-state index in [0.717, 1.165) is 4.52 Å². The lowest BCUT2D eigenvalue weighted by Gasteiger charge is -2.31. The Labute approximate surface area is 146 Å². The van der Waals surface area contributed by atoms with E-state index in [0.29, 0.717) is 18.5 Å². The van der Waals surface area contributed by atoms with Gasteiger partial charge in [0, 0.05) is 13.5 Å². The van der Waals surface area contributed by atoms with Gasteiger partial charge < -0.3 is 14.8 Å². The van der Waals surface area contributed by atoms with Gasteiger partial charge in [-0.05, 0) is 18.6 Å². The molecule has 1 fully saturated rings. The monoisotopic (exact) mass is 370 g/mol. The Bertz CT molecular complexity index is 834. The van der Waals surface area contributed by atoms with Crippen molar-refractivity contribution in [1.82, 2.24) is 14.6 Å². The van der Waals surface area contributed by atoms with E-state index in [1.165, 1.54) is 25.3 Å². The lowest BCUT2D eigenvalue weighted by Crippen LogP contribution is -2.44. The number of nitrogens with zero attached hydrogens (tertiary/aromatic N) is 3. The van der Waals surface area contributed by atoms with Crippen molar-refractivity contribution >= 4 is 23.0 Å². The predicted octanol–water partition coefficient (Wildman–Crippen LogP) is 2.44. The first kappa shape index (κ1) is 18.2. The lowest BCUT2D eigenvalue weighted by molar-refractivity contribution is -0.153. The molecule has 1 aliphatic rings. The van der Waals surface area contributed by atoms with E-state index in [-0.39, 0.29) is 24.3 Å². The molecule has 1 saturated heterocycles. The molecule has 26 heavy (non-hydrogen) atoms. The fourth-order valence-corrected chi connectivity index (χ4v) is 2.71. The smallest absolute Gasteiger partial charge is 0.417 e. The molecule has 1 aliphatic heterocycles. The van der Waals surface area contributed by atoms with Crippen LogP contribution in [0.15, 0.2) is 24.9 Å². The Morgan fingerprint density at radius 2 is 2.23 bits per heavy atom. The molecule has 2 aromatic rings. The third-order valence-electron chi connectivity index (χ3n) is 3.99. The van der Waals surface area contributed by atoms with Crippen LogP contribution in [0.1, 0.15) is 19.0 Å². The van der Waals surface area contributed by atoms with Gasteiger partial charge in [0.1, 0.15) is 6.10 Å². The van der Waals surface area contributed by atoms with E-state index < -0.39 is 23.8 Å². The number of allylic oxidation sites excluding steroid dienone is 1. The van der Waals surface area contributed by atoms with Crippen LogP contribution < -0.4 is 5.32 Å². The number of carbonyl (C=O) groups excluding carboxylic acids is 1. The summed E-state index contributed by atoms with van der Waals surface area (Å²) in [7, 11) is 0. The van der Waals surface area contributed by atoms with Crippen LogP contribution in [0.2, 0.25) is 0 Å². The van der Waals surface area contributed by atoms with Crippen molar-refractivity contribution in [2.24, 2.45) is 0 Å². The summed E-state index contributed by atoms with van der Waals surface area (Å²) in [5.74, 6) is -0.327. The Hall–Kier alpha value is -2.62. The van der Waals surface area contributed by atoms with Crippen LogP contribution in [-0.2, 0) is 14.3 Å². The maximum absolute atomic E-state index is 13.0. The van der Waals surface area contributed by atoms with Crippen molar-refractivity contribution in [2.45, 2.75) is 31.7 Å². The van der Waals surface area contributed by atoms with Gasteiger partial charge in [-0.15, -0.1) is 5.10 Å². The number of carbonyl (C=O) groups is 1. The largest absolute Gasteiger partial charge is 0.458 e. The minimum absolute atomic E-state index is 0.119. The first-order valence-corrected chi connectivity index (χ1v) is 7.88. The summed E-state index contributed by atoms with van der Waals surface area (Å²) in [5, 5.41) is 7.14. The summed E-state index contributed by atoms with van der Waals surface area (Å²) < 4.78 is 50.5. The van der Waals surface area contributed by atoms with E-state index in [1.54, 1.807) is 0 Å². The molecule has 3 heterocycles. The second-order valence-electron chi connectivity index (χ2n) is 5.88. The number of fused-ring (bicyclic) bond motifs is 1. The molecule has 3 rings (SSSR count). The van der Waals surface area contributed by atoms with Crippen molar-refractivity contribution < 1.29 is 27.4 Å². The summed E-state index contributed by atoms with van der Waals surface area (Å²) in [5.41, 5.74) is -0.757. The van der Waals surface area contributed by atoms with Gasteiger partial charge >= 0.3 is 12.1 Å². The van der Waals surface area contributed by atoms with Gasteiger partial charge in [-0.2, -0.15) is 13.2 Å². The SMILES string of the molecule is C=C(c1ccc2cnc(N[C@@H]3CCOC[C@H]3OC(C)=O)nn12)C(F)(F)F. The van der Waals surface area contributed by atoms with Crippen LogP contribution >= 0.6 is 0 Å². The number of halogens is 3. The van der Waals surface area contributed by atoms with E-state index in [2.05, 4.69) is 22.0 Å². The number of nitrogens with one attached hydrogen (secondary N) is 1. The molecule has 2 atom stereocenters. The van der Waals surface area contributed by atoms with Crippen molar-refractivity contribution in [3.05, 3.63) is 30.6 Å². The van der Waals surface area contributed by atoms with E-state index in [4.69, 9.17) is 9.47 Å². The van der Waals surface area contributed by atoms with Crippen molar-refractivity contribution in [3.8, 4) is 0 Å². The Morgan fingerprint density at radius 1 is 1.46 bits per heavy atom. The highest BCUT2D eigenvalue weighted by Gasteiger charge is 2.35. The third kappa shape index (κ3) is 3.79. The maximum atomic E-state index is 13.0. The van der Waals surface area contributed by atoms with Gasteiger partial charge in [0.15, 0.2) is 0 Å². The first-order valence-electron chi connectivity index (χ1n) is 7.88. The second kappa shape index (κ2) is 6.94. The number of ether oxygens (including phenoxy) is 2. The highest BCUT2D eigenvalue weighted by Crippen LogP contribution is 2.32. The van der Waals surface area contributed by atoms with Crippen LogP contribution in [0.5, 0.6) is 0 Å². The number of rotatable bonds is 4. The summed E-state index contributed by atoms with van der Waals surface area (Å²) >= 11 is 0. The van der Waals surface area contributed by atoms with Crippen LogP contribution in [0, 0.1) is 0 Å². The minimum Gasteiger partial charge on any atom is -0.458 e. The zero-order valence-corrected chi connectivity index (χ0v) is 13.9. The van der Waals surface area contributed by atoms with Gasteiger partial charge in [0.25, 0.3) is 0 Å². The fraction of sp³-hybridized carbons (Fsp3) is 0.438. The van der Waals surface area contributed by atoms with Gasteiger partial charge in [-0.1, -0.05) is 6.58 Å². The summed E-state index contributed by atoms with van der Waals surface area (Å²) in [4.78, 5) is 15.3. The number of anilines is 1. The summed E-state index contributed by atoms with van der Waals surface area (Å²) in [6, 6.07) is 2.46. The molecule has 0 radical (unpaired) electrons. The fourth-order valence-electron chi connectivity index (χ4n) is 2.71. The average Bonchev–Trinajstić information content (AvgIpc) is 2.97. The minimum atomic E-state index is -4.56. The molecule has 1 N–H and O–H groups in total. The molecule has 0 saturated carbocycles. The molecule has 2 aromatic heterocycles. The average molecular weight is 370 g/mol. The van der Waals surface area contributed by atoms with Crippen LogP contribution in [0.4, 0.5) is 19.1 Å². The zero-order valence-electron chi connectivity index (χ0n) is 13.9. The number of aromatic nitrogens is 3.